The third-order valence-electron chi connectivity index (χ3n) is 5.15. The topological polar surface area (TPSA) is 41.5 Å². The van der Waals surface area contributed by atoms with Crippen LogP contribution in [0, 0.1) is 5.82 Å². The van der Waals surface area contributed by atoms with Gasteiger partial charge in [-0.15, -0.1) is 0 Å². The van der Waals surface area contributed by atoms with Gasteiger partial charge in [0.25, 0.3) is 0 Å². The maximum atomic E-state index is 14.1. The fourth-order valence-corrected chi connectivity index (χ4v) is 4.59. The van der Waals surface area contributed by atoms with E-state index in [0.29, 0.717) is 29.6 Å². The lowest BCUT2D eigenvalue weighted by molar-refractivity contribution is 0.0319. The maximum Gasteiger partial charge on any atom is 0.153 e. The Kier molecular flexibility index (Phi) is 4.11. The normalized spacial score (nSPS) is 31.0. The molecule has 4 rings (SSSR count). The van der Waals surface area contributed by atoms with Crippen LogP contribution < -0.4 is 10.1 Å². The van der Waals surface area contributed by atoms with Gasteiger partial charge < -0.3 is 15.2 Å². The minimum Gasteiger partial charge on any atom is -0.480 e. The number of β-amino-alcohol motifs (C(OH)–C–C–N with tert-alkyl or cyclic N) is 1. The lowest BCUT2D eigenvalue weighted by Crippen LogP contribution is -2.49. The number of fused-ring (bicyclic) bond motifs is 1. The van der Waals surface area contributed by atoms with E-state index in [2.05, 4.69) is 21.2 Å². The zero-order valence-electron chi connectivity index (χ0n) is 13.7. The van der Waals surface area contributed by atoms with Crippen LogP contribution in [0.5, 0.6) is 5.75 Å². The van der Waals surface area contributed by atoms with E-state index in [-0.39, 0.29) is 11.1 Å². The average molecular weight is 427 g/mol. The highest BCUT2D eigenvalue weighted by atomic mass is 79.9. The van der Waals surface area contributed by atoms with Gasteiger partial charge in [-0.05, 0) is 34.8 Å². The van der Waals surface area contributed by atoms with Gasteiger partial charge in [-0.3, -0.25) is 0 Å². The molecule has 0 bridgehead atoms. The van der Waals surface area contributed by atoms with Gasteiger partial charge in [0.15, 0.2) is 5.60 Å². The number of halogens is 3. The van der Waals surface area contributed by atoms with Gasteiger partial charge in [0.05, 0.1) is 16.7 Å². The molecule has 6 heteroatoms. The van der Waals surface area contributed by atoms with E-state index in [0.717, 1.165) is 11.1 Å². The van der Waals surface area contributed by atoms with Crippen LogP contribution in [-0.4, -0.2) is 23.3 Å². The highest BCUT2D eigenvalue weighted by Crippen LogP contribution is 2.50. The van der Waals surface area contributed by atoms with Crippen molar-refractivity contribution < 1.29 is 14.2 Å². The number of ether oxygens (including phenoxy) is 1. The maximum absolute atomic E-state index is 14.1. The largest absolute Gasteiger partial charge is 0.480 e. The summed E-state index contributed by atoms with van der Waals surface area (Å²) in [5.74, 6) is -0.0199. The van der Waals surface area contributed by atoms with Crippen molar-refractivity contribution in [3.63, 3.8) is 0 Å². The van der Waals surface area contributed by atoms with Crippen molar-refractivity contribution in [2.24, 2.45) is 0 Å². The number of nitrogens with one attached hydrogen (secondary N) is 1. The summed E-state index contributed by atoms with van der Waals surface area (Å²) in [4.78, 5) is 0. The molecule has 0 aliphatic carbocycles. The van der Waals surface area contributed by atoms with E-state index in [1.807, 2.05) is 37.3 Å². The molecule has 0 spiro atoms. The zero-order chi connectivity index (χ0) is 17.8. The summed E-state index contributed by atoms with van der Waals surface area (Å²) in [7, 11) is 0. The SMILES string of the molecule is CC1(O)CNC(C2(c3ccccc3)Cc3c(cc(F)c(Cl)c3Br)O2)C1. The van der Waals surface area contributed by atoms with Gasteiger partial charge in [-0.25, -0.2) is 4.39 Å². The van der Waals surface area contributed by atoms with Gasteiger partial charge >= 0.3 is 0 Å². The summed E-state index contributed by atoms with van der Waals surface area (Å²) >= 11 is 9.49. The lowest BCUT2D eigenvalue weighted by atomic mass is 9.80. The molecule has 2 aliphatic heterocycles. The Hall–Kier alpha value is -1.14. The Balaban J connectivity index is 1.83. The monoisotopic (exact) mass is 425 g/mol. The Bertz CT molecular complexity index is 830. The van der Waals surface area contributed by atoms with Crippen molar-refractivity contribution in [2.45, 2.75) is 37.0 Å². The molecule has 0 amide bonds. The second-order valence-electron chi connectivity index (χ2n) is 7.13. The van der Waals surface area contributed by atoms with Crippen LogP contribution in [0.1, 0.15) is 24.5 Å². The molecule has 0 radical (unpaired) electrons. The molecule has 1 fully saturated rings. The fraction of sp³-hybridized carbons (Fsp3) is 0.368. The van der Waals surface area contributed by atoms with Gasteiger partial charge in [-0.2, -0.15) is 0 Å². The zero-order valence-corrected chi connectivity index (χ0v) is 16.0. The predicted molar refractivity (Wildman–Crippen MR) is 98.6 cm³/mol. The molecule has 132 valence electrons. The van der Waals surface area contributed by atoms with E-state index in [9.17, 15) is 9.50 Å². The minimum absolute atomic E-state index is 0.0672. The van der Waals surface area contributed by atoms with Gasteiger partial charge in [0.2, 0.25) is 0 Å². The highest BCUT2D eigenvalue weighted by molar-refractivity contribution is 9.10. The predicted octanol–water partition coefficient (Wildman–Crippen LogP) is 4.18. The van der Waals surface area contributed by atoms with E-state index >= 15 is 0 Å². The van der Waals surface area contributed by atoms with E-state index < -0.39 is 17.0 Å². The van der Waals surface area contributed by atoms with Crippen molar-refractivity contribution in [1.29, 1.82) is 0 Å². The summed E-state index contributed by atoms with van der Waals surface area (Å²) in [6.45, 7) is 2.30. The van der Waals surface area contributed by atoms with Gasteiger partial charge in [0.1, 0.15) is 11.6 Å². The summed E-state index contributed by atoms with van der Waals surface area (Å²) in [6.07, 6.45) is 1.09. The van der Waals surface area contributed by atoms with Crippen molar-refractivity contribution >= 4 is 27.5 Å². The summed E-state index contributed by atoms with van der Waals surface area (Å²) in [6, 6.07) is 11.1. The van der Waals surface area contributed by atoms with Crippen LogP contribution >= 0.6 is 27.5 Å². The quantitative estimate of drug-likeness (QED) is 0.708. The molecule has 1 saturated heterocycles. The first-order valence-corrected chi connectivity index (χ1v) is 9.36. The number of hydrogen-bond acceptors (Lipinski definition) is 3. The smallest absolute Gasteiger partial charge is 0.153 e. The first-order valence-electron chi connectivity index (χ1n) is 8.19. The second-order valence-corrected chi connectivity index (χ2v) is 8.30. The molecule has 2 aromatic carbocycles. The number of hydrogen-bond donors (Lipinski definition) is 2. The Morgan fingerprint density at radius 3 is 2.72 bits per heavy atom. The van der Waals surface area contributed by atoms with Crippen molar-refractivity contribution in [2.75, 3.05) is 6.54 Å². The standard InChI is InChI=1S/C19H18BrClFNO2/c1-18(24)9-15(23-10-18)19(11-5-3-2-4-6-11)8-12-14(25-19)7-13(22)17(21)16(12)20/h2-7,15,23-24H,8-10H2,1H3. The molecule has 25 heavy (non-hydrogen) atoms. The highest BCUT2D eigenvalue weighted by Gasteiger charge is 2.53. The summed E-state index contributed by atoms with van der Waals surface area (Å²) < 4.78 is 21.0. The van der Waals surface area contributed by atoms with Crippen molar-refractivity contribution in [3.05, 3.63) is 62.8 Å². The molecule has 0 aromatic heterocycles. The summed E-state index contributed by atoms with van der Waals surface area (Å²) in [5, 5.41) is 13.9. The van der Waals surface area contributed by atoms with Crippen LogP contribution in [0.4, 0.5) is 4.39 Å². The van der Waals surface area contributed by atoms with E-state index in [1.165, 1.54) is 6.07 Å². The van der Waals surface area contributed by atoms with Gasteiger partial charge in [0, 0.05) is 29.1 Å². The van der Waals surface area contributed by atoms with Crippen molar-refractivity contribution in [1.82, 2.24) is 5.32 Å². The minimum atomic E-state index is -0.801. The van der Waals surface area contributed by atoms with Crippen molar-refractivity contribution in [3.8, 4) is 5.75 Å². The first kappa shape index (κ1) is 17.3. The molecule has 2 heterocycles. The van der Waals surface area contributed by atoms with Crippen LogP contribution in [0.25, 0.3) is 0 Å². The van der Waals surface area contributed by atoms with Gasteiger partial charge in [-0.1, -0.05) is 41.9 Å². The molecular formula is C19H18BrClFNO2. The molecule has 2 aliphatic rings. The first-order chi connectivity index (χ1) is 11.8. The molecule has 3 atom stereocenters. The molecule has 0 saturated carbocycles. The second kappa shape index (κ2) is 5.95. The molecule has 2 aromatic rings. The number of rotatable bonds is 2. The lowest BCUT2D eigenvalue weighted by Gasteiger charge is -2.35. The Morgan fingerprint density at radius 2 is 2.08 bits per heavy atom. The number of aliphatic hydroxyl groups is 1. The third-order valence-corrected chi connectivity index (χ3v) is 6.63. The number of benzene rings is 2. The Morgan fingerprint density at radius 1 is 1.36 bits per heavy atom. The fourth-order valence-electron chi connectivity index (χ4n) is 3.90. The average Bonchev–Trinajstić information content (AvgIpc) is 3.15. The van der Waals surface area contributed by atoms with E-state index in [4.69, 9.17) is 16.3 Å². The third kappa shape index (κ3) is 2.78. The Labute approximate surface area is 159 Å². The molecule has 2 N–H and O–H groups in total. The van der Waals surface area contributed by atoms with Crippen LogP contribution in [0.2, 0.25) is 5.02 Å². The molecular weight excluding hydrogens is 409 g/mol. The van der Waals surface area contributed by atoms with E-state index in [1.54, 1.807) is 0 Å². The van der Waals surface area contributed by atoms with Crippen LogP contribution in [0.3, 0.4) is 0 Å². The molecule has 3 unspecified atom stereocenters. The van der Waals surface area contributed by atoms with Crippen LogP contribution in [0.15, 0.2) is 40.9 Å². The molecule has 3 nitrogen and oxygen atoms in total. The summed E-state index contributed by atoms with van der Waals surface area (Å²) in [5.41, 5.74) is 0.322. The van der Waals surface area contributed by atoms with Crippen LogP contribution in [-0.2, 0) is 12.0 Å².